The summed E-state index contributed by atoms with van der Waals surface area (Å²) in [5.74, 6) is 0. The molecule has 0 bridgehead atoms. The lowest BCUT2D eigenvalue weighted by Crippen LogP contribution is -1.69. The average Bonchev–Trinajstić information content (AvgIpc) is 1.68. The molecule has 42 valence electrons. The van der Waals surface area contributed by atoms with Crippen LogP contribution in [0.5, 0.6) is 0 Å². The third-order valence-electron chi connectivity index (χ3n) is 0.255. The van der Waals surface area contributed by atoms with Gasteiger partial charge >= 0.3 is 8.60 Å². The minimum absolute atomic E-state index is 1.12. The Morgan fingerprint density at radius 3 is 2.57 bits per heavy atom. The standard InChI is InChI=1S/C2H6O3P2/c1-2-4-7(3)5-6/h2-3H,1,6H2. The van der Waals surface area contributed by atoms with E-state index in [2.05, 4.69) is 15.4 Å². The Kier molecular flexibility index (Phi) is 4.68. The first-order chi connectivity index (χ1) is 3.31. The van der Waals surface area contributed by atoms with Gasteiger partial charge in [0.25, 0.3) is 0 Å². The zero-order chi connectivity index (χ0) is 5.70. The summed E-state index contributed by atoms with van der Waals surface area (Å²) < 4.78 is 8.57. The van der Waals surface area contributed by atoms with Crippen molar-refractivity contribution >= 4 is 18.1 Å². The van der Waals surface area contributed by atoms with Crippen molar-refractivity contribution in [3.8, 4) is 0 Å². The summed E-state index contributed by atoms with van der Waals surface area (Å²) in [6, 6.07) is 0. The molecule has 0 saturated heterocycles. The van der Waals surface area contributed by atoms with Crippen LogP contribution in [0.3, 0.4) is 0 Å². The Labute approximate surface area is 45.6 Å². The van der Waals surface area contributed by atoms with Gasteiger partial charge < -0.3 is 9.42 Å². The van der Waals surface area contributed by atoms with Crippen molar-refractivity contribution in [1.82, 2.24) is 0 Å². The number of hydrogen-bond donors (Lipinski definition) is 1. The Morgan fingerprint density at radius 1 is 1.86 bits per heavy atom. The summed E-state index contributed by atoms with van der Waals surface area (Å²) in [4.78, 5) is 8.39. The van der Waals surface area contributed by atoms with Crippen LogP contribution in [-0.2, 0) is 8.83 Å². The van der Waals surface area contributed by atoms with Gasteiger partial charge in [0.15, 0.2) is 0 Å². The zero-order valence-corrected chi connectivity index (χ0v) is 5.62. The first kappa shape index (κ1) is 7.32. The van der Waals surface area contributed by atoms with E-state index in [1.165, 1.54) is 0 Å². The Hall–Kier alpha value is 0.320. The minimum atomic E-state index is -1.73. The lowest BCUT2D eigenvalue weighted by atomic mass is 11.2. The largest absolute Gasteiger partial charge is 0.435 e. The molecule has 0 aromatic heterocycles. The van der Waals surface area contributed by atoms with Crippen LogP contribution < -0.4 is 0 Å². The lowest BCUT2D eigenvalue weighted by molar-refractivity contribution is 0.368. The van der Waals surface area contributed by atoms with Gasteiger partial charge in [0.05, 0.1) is 6.26 Å². The van der Waals surface area contributed by atoms with Crippen molar-refractivity contribution in [2.45, 2.75) is 0 Å². The molecule has 5 heteroatoms. The van der Waals surface area contributed by atoms with Crippen LogP contribution in [0, 0.1) is 0 Å². The second-order valence-electron chi connectivity index (χ2n) is 0.615. The van der Waals surface area contributed by atoms with Gasteiger partial charge in [-0.2, -0.15) is 0 Å². The predicted octanol–water partition coefficient (Wildman–Crippen LogP) is 1.17. The quantitative estimate of drug-likeness (QED) is 0.472. The van der Waals surface area contributed by atoms with E-state index in [0.29, 0.717) is 0 Å². The Bertz CT molecular complexity index is 56.9. The molecule has 0 aliphatic rings. The monoisotopic (exact) mass is 140 g/mol. The van der Waals surface area contributed by atoms with Gasteiger partial charge in [0.1, 0.15) is 0 Å². The van der Waals surface area contributed by atoms with Crippen molar-refractivity contribution in [1.29, 1.82) is 0 Å². The van der Waals surface area contributed by atoms with E-state index in [1.54, 1.807) is 0 Å². The molecule has 0 saturated carbocycles. The van der Waals surface area contributed by atoms with E-state index in [9.17, 15) is 0 Å². The maximum atomic E-state index is 8.39. The topological polar surface area (TPSA) is 38.7 Å². The van der Waals surface area contributed by atoms with Crippen LogP contribution in [0.4, 0.5) is 0 Å². The van der Waals surface area contributed by atoms with Crippen LogP contribution >= 0.6 is 18.1 Å². The van der Waals surface area contributed by atoms with E-state index in [0.717, 1.165) is 6.26 Å². The predicted molar refractivity (Wildman–Crippen MR) is 31.2 cm³/mol. The third kappa shape index (κ3) is 4.17. The lowest BCUT2D eigenvalue weighted by Gasteiger charge is -2.00. The second kappa shape index (κ2) is 4.48. The van der Waals surface area contributed by atoms with E-state index in [1.807, 2.05) is 9.47 Å². The summed E-state index contributed by atoms with van der Waals surface area (Å²) in [7, 11) is 0.141. The van der Waals surface area contributed by atoms with Crippen LogP contribution in [0.25, 0.3) is 0 Å². The highest BCUT2D eigenvalue weighted by Gasteiger charge is 1.97. The normalized spacial score (nSPS) is 12.9. The highest BCUT2D eigenvalue weighted by atomic mass is 31.2. The molecular formula is C2H6O3P2. The van der Waals surface area contributed by atoms with Crippen molar-refractivity contribution in [3.05, 3.63) is 12.8 Å². The third-order valence-corrected chi connectivity index (χ3v) is 1.31. The fraction of sp³-hybridized carbons (Fsp3) is 0. The van der Waals surface area contributed by atoms with E-state index in [4.69, 9.17) is 4.89 Å². The van der Waals surface area contributed by atoms with Crippen LogP contribution in [0.1, 0.15) is 0 Å². The van der Waals surface area contributed by atoms with E-state index in [-0.39, 0.29) is 0 Å². The fourth-order valence-electron chi connectivity index (χ4n) is 0.0886. The molecule has 0 amide bonds. The first-order valence-corrected chi connectivity index (χ1v) is 3.05. The van der Waals surface area contributed by atoms with Gasteiger partial charge in [0.2, 0.25) is 0 Å². The van der Waals surface area contributed by atoms with Crippen molar-refractivity contribution < 1.29 is 13.7 Å². The molecular weight excluding hydrogens is 134 g/mol. The van der Waals surface area contributed by atoms with Gasteiger partial charge in [0, 0.05) is 9.47 Å². The highest BCUT2D eigenvalue weighted by Crippen LogP contribution is 2.35. The maximum absolute atomic E-state index is 8.39. The van der Waals surface area contributed by atoms with Crippen LogP contribution in [-0.4, -0.2) is 4.89 Å². The molecule has 2 atom stereocenters. The van der Waals surface area contributed by atoms with Crippen molar-refractivity contribution in [2.75, 3.05) is 0 Å². The molecule has 0 spiro atoms. The molecule has 0 radical (unpaired) electrons. The van der Waals surface area contributed by atoms with Gasteiger partial charge in [-0.3, -0.25) is 4.31 Å². The molecule has 0 fully saturated rings. The molecule has 0 aromatic carbocycles. The fourth-order valence-corrected chi connectivity index (χ4v) is 0.415. The van der Waals surface area contributed by atoms with Gasteiger partial charge in [-0.05, 0) is 0 Å². The minimum Gasteiger partial charge on any atom is -0.435 e. The van der Waals surface area contributed by atoms with Crippen LogP contribution in [0.2, 0.25) is 0 Å². The molecule has 3 nitrogen and oxygen atoms in total. The second-order valence-corrected chi connectivity index (χ2v) is 2.15. The van der Waals surface area contributed by atoms with Crippen LogP contribution in [0.15, 0.2) is 12.8 Å². The zero-order valence-electron chi connectivity index (χ0n) is 3.57. The smallest absolute Gasteiger partial charge is 0.396 e. The molecule has 7 heavy (non-hydrogen) atoms. The Morgan fingerprint density at radius 2 is 2.43 bits per heavy atom. The number of rotatable bonds is 3. The molecule has 0 aliphatic carbocycles. The Balaban J connectivity index is 2.98. The molecule has 0 rings (SSSR count). The summed E-state index contributed by atoms with van der Waals surface area (Å²) in [6.45, 7) is 3.19. The summed E-state index contributed by atoms with van der Waals surface area (Å²) in [5.41, 5.74) is 0. The van der Waals surface area contributed by atoms with E-state index >= 15 is 0 Å². The highest BCUT2D eigenvalue weighted by molar-refractivity contribution is 7.46. The molecule has 2 unspecified atom stereocenters. The maximum Gasteiger partial charge on any atom is 0.396 e. The molecule has 1 N–H and O–H groups in total. The van der Waals surface area contributed by atoms with E-state index < -0.39 is 8.60 Å². The van der Waals surface area contributed by atoms with Gasteiger partial charge in [-0.1, -0.05) is 6.58 Å². The van der Waals surface area contributed by atoms with Crippen molar-refractivity contribution in [3.63, 3.8) is 0 Å². The molecule has 0 aliphatic heterocycles. The van der Waals surface area contributed by atoms with Gasteiger partial charge in [-0.15, -0.1) is 0 Å². The summed E-state index contributed by atoms with van der Waals surface area (Å²) in [5, 5.41) is 0. The molecule has 0 heterocycles. The van der Waals surface area contributed by atoms with Gasteiger partial charge in [-0.25, -0.2) is 0 Å². The summed E-state index contributed by atoms with van der Waals surface area (Å²) >= 11 is 0. The van der Waals surface area contributed by atoms with Crippen molar-refractivity contribution in [2.24, 2.45) is 0 Å². The first-order valence-electron chi connectivity index (χ1n) is 1.44. The number of hydrogen-bond acceptors (Lipinski definition) is 3. The summed E-state index contributed by atoms with van der Waals surface area (Å²) in [6.07, 6.45) is 1.12. The molecule has 0 aromatic rings. The SMILES string of the molecule is C=COP(O)OP. The average molecular weight is 140 g/mol.